The van der Waals surface area contributed by atoms with Crippen LogP contribution in [-0.2, 0) is 6.42 Å². The van der Waals surface area contributed by atoms with Crippen molar-refractivity contribution in [1.29, 1.82) is 0 Å². The van der Waals surface area contributed by atoms with Crippen LogP contribution in [0.15, 0.2) is 55.0 Å². The lowest BCUT2D eigenvalue weighted by Crippen LogP contribution is -2.39. The minimum atomic E-state index is -0.407. The molecule has 146 valence electrons. The van der Waals surface area contributed by atoms with E-state index < -0.39 is 6.04 Å². The summed E-state index contributed by atoms with van der Waals surface area (Å²) in [5, 5.41) is 13.2. The normalized spacial score (nSPS) is 11.9. The number of nitrogens with one attached hydrogen (secondary N) is 1. The Bertz CT molecular complexity index is 954. The van der Waals surface area contributed by atoms with E-state index in [9.17, 15) is 9.90 Å². The average Bonchev–Trinajstić information content (AvgIpc) is 3.14. The molecule has 28 heavy (non-hydrogen) atoms. The van der Waals surface area contributed by atoms with E-state index in [-0.39, 0.29) is 12.5 Å². The molecule has 1 amide bonds. The Morgan fingerprint density at radius 2 is 2.04 bits per heavy atom. The minimum Gasteiger partial charge on any atom is -0.495 e. The molecule has 2 N–H and O–H groups in total. The van der Waals surface area contributed by atoms with Crippen LogP contribution in [0.3, 0.4) is 0 Å². The maximum Gasteiger partial charge on any atom is 0.251 e. The second kappa shape index (κ2) is 8.91. The lowest BCUT2D eigenvalue weighted by atomic mass is 10.1. The van der Waals surface area contributed by atoms with Gasteiger partial charge >= 0.3 is 0 Å². The Morgan fingerprint density at radius 3 is 2.64 bits per heavy atom. The first-order valence-electron chi connectivity index (χ1n) is 8.85. The number of aryl methyl sites for hydroxylation is 1. The highest BCUT2D eigenvalue weighted by Crippen LogP contribution is 2.24. The number of aliphatic hydroxyl groups is 1. The van der Waals surface area contributed by atoms with Crippen molar-refractivity contribution in [2.24, 2.45) is 0 Å². The molecule has 1 atom stereocenters. The molecule has 0 saturated carbocycles. The van der Waals surface area contributed by atoms with Crippen LogP contribution in [0.2, 0.25) is 5.02 Å². The van der Waals surface area contributed by atoms with Crippen LogP contribution in [0.1, 0.15) is 21.6 Å². The van der Waals surface area contributed by atoms with E-state index in [1.807, 2.05) is 35.9 Å². The number of hydrogen-bond donors (Lipinski definition) is 2. The van der Waals surface area contributed by atoms with Gasteiger partial charge in [0.25, 0.3) is 5.91 Å². The zero-order valence-corrected chi connectivity index (χ0v) is 16.5. The quantitative estimate of drug-likeness (QED) is 0.639. The number of nitrogens with zero attached hydrogens (tertiary/aromatic N) is 2. The largest absolute Gasteiger partial charge is 0.495 e. The first kappa shape index (κ1) is 19.9. The summed E-state index contributed by atoms with van der Waals surface area (Å²) in [6, 6.07) is 12.1. The summed E-state index contributed by atoms with van der Waals surface area (Å²) in [7, 11) is 1.56. The zero-order chi connectivity index (χ0) is 20.1. The number of imidazole rings is 1. The highest BCUT2D eigenvalue weighted by Gasteiger charge is 2.16. The van der Waals surface area contributed by atoms with Gasteiger partial charge in [0.1, 0.15) is 5.75 Å². The number of amides is 1. The van der Waals surface area contributed by atoms with Crippen molar-refractivity contribution < 1.29 is 14.6 Å². The molecule has 0 saturated heterocycles. The van der Waals surface area contributed by atoms with Gasteiger partial charge in [0.2, 0.25) is 0 Å². The fraction of sp³-hybridized carbons (Fsp3) is 0.238. The van der Waals surface area contributed by atoms with Crippen molar-refractivity contribution in [2.45, 2.75) is 19.4 Å². The monoisotopic (exact) mass is 399 g/mol. The Labute approximate surface area is 168 Å². The van der Waals surface area contributed by atoms with Crippen LogP contribution in [0.4, 0.5) is 0 Å². The van der Waals surface area contributed by atoms with Crippen molar-refractivity contribution in [3.63, 3.8) is 0 Å². The number of aliphatic hydroxyl groups excluding tert-OH is 1. The number of rotatable bonds is 7. The summed E-state index contributed by atoms with van der Waals surface area (Å²) in [5.41, 5.74) is 3.11. The van der Waals surface area contributed by atoms with Crippen LogP contribution >= 0.6 is 11.6 Å². The summed E-state index contributed by atoms with van der Waals surface area (Å²) in [4.78, 5) is 16.9. The van der Waals surface area contributed by atoms with Crippen molar-refractivity contribution in [1.82, 2.24) is 14.9 Å². The average molecular weight is 400 g/mol. The summed E-state index contributed by atoms with van der Waals surface area (Å²) in [5.74, 6) is 0.281. The van der Waals surface area contributed by atoms with E-state index in [1.165, 1.54) is 0 Å². The van der Waals surface area contributed by atoms with E-state index in [4.69, 9.17) is 16.3 Å². The van der Waals surface area contributed by atoms with Crippen LogP contribution in [0.5, 0.6) is 5.75 Å². The molecule has 0 bridgehead atoms. The van der Waals surface area contributed by atoms with E-state index in [1.54, 1.807) is 37.7 Å². The first-order valence-corrected chi connectivity index (χ1v) is 9.23. The summed E-state index contributed by atoms with van der Waals surface area (Å²) >= 11 is 5.90. The Balaban J connectivity index is 1.74. The molecular formula is C21H22ClN3O3. The van der Waals surface area contributed by atoms with Gasteiger partial charge in [-0.1, -0.05) is 23.7 Å². The van der Waals surface area contributed by atoms with E-state index in [0.29, 0.717) is 22.8 Å². The zero-order valence-electron chi connectivity index (χ0n) is 15.7. The molecule has 6 nitrogen and oxygen atoms in total. The predicted molar refractivity (Wildman–Crippen MR) is 108 cm³/mol. The third kappa shape index (κ3) is 4.71. The fourth-order valence-electron chi connectivity index (χ4n) is 2.92. The summed E-state index contributed by atoms with van der Waals surface area (Å²) in [6.07, 6.45) is 4.08. The molecular weight excluding hydrogens is 378 g/mol. The molecule has 0 spiro atoms. The highest BCUT2D eigenvalue weighted by molar-refractivity contribution is 6.30. The van der Waals surface area contributed by atoms with Crippen LogP contribution in [0.25, 0.3) is 5.69 Å². The number of halogens is 1. The molecule has 1 heterocycles. The Morgan fingerprint density at radius 1 is 1.29 bits per heavy atom. The lowest BCUT2D eigenvalue weighted by Gasteiger charge is -2.17. The number of carbonyl (C=O) groups is 1. The van der Waals surface area contributed by atoms with E-state index >= 15 is 0 Å². The molecule has 0 aliphatic heterocycles. The topological polar surface area (TPSA) is 76.4 Å². The summed E-state index contributed by atoms with van der Waals surface area (Å²) < 4.78 is 7.29. The van der Waals surface area contributed by atoms with Crippen molar-refractivity contribution >= 4 is 17.5 Å². The second-order valence-corrected chi connectivity index (χ2v) is 6.93. The molecule has 3 rings (SSSR count). The molecule has 0 aliphatic rings. The molecule has 7 heteroatoms. The van der Waals surface area contributed by atoms with Gasteiger partial charge in [0.05, 0.1) is 37.5 Å². The molecule has 1 unspecified atom stereocenters. The number of carbonyl (C=O) groups excluding carboxylic acids is 1. The Kier molecular flexibility index (Phi) is 6.34. The van der Waals surface area contributed by atoms with Crippen LogP contribution in [-0.4, -0.2) is 40.3 Å². The molecule has 2 aromatic carbocycles. The van der Waals surface area contributed by atoms with E-state index in [2.05, 4.69) is 10.3 Å². The summed E-state index contributed by atoms with van der Waals surface area (Å²) in [6.45, 7) is 1.73. The van der Waals surface area contributed by atoms with Gasteiger partial charge in [0, 0.05) is 16.8 Å². The predicted octanol–water partition coefficient (Wildman–Crippen LogP) is 3.18. The van der Waals surface area contributed by atoms with Gasteiger partial charge in [-0.2, -0.15) is 0 Å². The molecule has 0 radical (unpaired) electrons. The first-order chi connectivity index (χ1) is 13.5. The standard InChI is InChI=1S/C21H22ClN3O3/c1-14-11-25(13-23-14)19-8-5-16(10-20(19)28-2)21(27)24-18(12-26)9-15-3-6-17(22)7-4-15/h3-8,10-11,13,18,26H,9,12H2,1-2H3,(H,24,27). The second-order valence-electron chi connectivity index (χ2n) is 6.49. The molecule has 1 aromatic heterocycles. The number of aromatic nitrogens is 2. The number of ether oxygens (including phenoxy) is 1. The van der Waals surface area contributed by atoms with Crippen LogP contribution < -0.4 is 10.1 Å². The highest BCUT2D eigenvalue weighted by atomic mass is 35.5. The van der Waals surface area contributed by atoms with Gasteiger partial charge < -0.3 is 19.7 Å². The number of benzene rings is 2. The van der Waals surface area contributed by atoms with Crippen molar-refractivity contribution in [3.8, 4) is 11.4 Å². The van der Waals surface area contributed by atoms with Crippen molar-refractivity contribution in [3.05, 3.63) is 76.8 Å². The molecule has 3 aromatic rings. The molecule has 0 aliphatic carbocycles. The number of methoxy groups -OCH3 is 1. The van der Waals surface area contributed by atoms with Gasteiger partial charge in [-0.25, -0.2) is 4.98 Å². The maximum atomic E-state index is 12.7. The van der Waals surface area contributed by atoms with Gasteiger partial charge in [-0.15, -0.1) is 0 Å². The van der Waals surface area contributed by atoms with Gasteiger partial charge in [-0.05, 0) is 49.2 Å². The number of hydrogen-bond acceptors (Lipinski definition) is 4. The van der Waals surface area contributed by atoms with Gasteiger partial charge in [0.15, 0.2) is 0 Å². The fourth-order valence-corrected chi connectivity index (χ4v) is 3.05. The third-order valence-electron chi connectivity index (χ3n) is 4.38. The smallest absolute Gasteiger partial charge is 0.251 e. The van der Waals surface area contributed by atoms with Crippen LogP contribution in [0, 0.1) is 6.92 Å². The van der Waals surface area contributed by atoms with Gasteiger partial charge in [-0.3, -0.25) is 4.79 Å². The van der Waals surface area contributed by atoms with Crippen molar-refractivity contribution in [2.75, 3.05) is 13.7 Å². The maximum absolute atomic E-state index is 12.7. The van der Waals surface area contributed by atoms with E-state index in [0.717, 1.165) is 16.9 Å². The minimum absolute atomic E-state index is 0.169. The molecule has 0 fully saturated rings. The SMILES string of the molecule is COc1cc(C(=O)NC(CO)Cc2ccc(Cl)cc2)ccc1-n1cnc(C)c1. The Hall–Kier alpha value is -2.83. The third-order valence-corrected chi connectivity index (χ3v) is 4.63. The lowest BCUT2D eigenvalue weighted by molar-refractivity contribution is 0.0916.